The fourth-order valence-corrected chi connectivity index (χ4v) is 1.40. The van der Waals surface area contributed by atoms with Gasteiger partial charge in [0.1, 0.15) is 0 Å². The summed E-state index contributed by atoms with van der Waals surface area (Å²) in [6.07, 6.45) is 5.16. The number of carbonyl (C=O) groups excluding carboxylic acids is 1. The van der Waals surface area contributed by atoms with Crippen molar-refractivity contribution in [1.29, 1.82) is 0 Å². The van der Waals surface area contributed by atoms with Crippen molar-refractivity contribution in [2.24, 2.45) is 0 Å². The lowest BCUT2D eigenvalue weighted by Gasteiger charge is -2.15. The number of benzene rings is 1. The van der Waals surface area contributed by atoms with Crippen LogP contribution in [0.25, 0.3) is 0 Å². The molecule has 0 aliphatic heterocycles. The Bertz CT molecular complexity index is 448. The maximum Gasteiger partial charge on any atom is 0.254 e. The third-order valence-corrected chi connectivity index (χ3v) is 2.31. The fraction of sp³-hybridized carbons (Fsp3) is 0.308. The molecule has 1 aromatic carbocycles. The molecule has 4 heteroatoms. The van der Waals surface area contributed by atoms with Crippen molar-refractivity contribution in [1.82, 2.24) is 4.90 Å². The Labute approximate surface area is 101 Å². The minimum atomic E-state index is -0.149. The Hall–Kier alpha value is -2.15. The highest BCUT2D eigenvalue weighted by atomic mass is 16.5. The van der Waals surface area contributed by atoms with Crippen molar-refractivity contribution in [3.05, 3.63) is 23.8 Å². The van der Waals surface area contributed by atoms with Gasteiger partial charge in [-0.3, -0.25) is 4.79 Å². The van der Waals surface area contributed by atoms with Gasteiger partial charge in [-0.2, -0.15) is 0 Å². The highest BCUT2D eigenvalue weighted by Gasteiger charge is 2.13. The minimum absolute atomic E-state index is 0.149. The molecule has 0 radical (unpaired) electrons. The van der Waals surface area contributed by atoms with Crippen molar-refractivity contribution in [3.8, 4) is 23.8 Å². The number of amides is 1. The number of terminal acetylenes is 1. The van der Waals surface area contributed by atoms with E-state index in [-0.39, 0.29) is 12.5 Å². The van der Waals surface area contributed by atoms with Crippen LogP contribution in [0, 0.1) is 12.3 Å². The molecule has 0 fully saturated rings. The smallest absolute Gasteiger partial charge is 0.254 e. The predicted molar refractivity (Wildman–Crippen MR) is 65.3 cm³/mol. The highest BCUT2D eigenvalue weighted by Crippen LogP contribution is 2.27. The van der Waals surface area contributed by atoms with Crippen LogP contribution in [0.5, 0.6) is 11.5 Å². The van der Waals surface area contributed by atoms with E-state index in [1.54, 1.807) is 32.4 Å². The van der Waals surface area contributed by atoms with Crippen LogP contribution in [0.3, 0.4) is 0 Å². The summed E-state index contributed by atoms with van der Waals surface area (Å²) in [7, 11) is 4.72. The summed E-state index contributed by atoms with van der Waals surface area (Å²) in [5, 5.41) is 0. The quantitative estimate of drug-likeness (QED) is 0.738. The molecule has 0 bridgehead atoms. The first-order valence-electron chi connectivity index (χ1n) is 5.05. The second kappa shape index (κ2) is 5.80. The summed E-state index contributed by atoms with van der Waals surface area (Å²) < 4.78 is 10.2. The normalized spacial score (nSPS) is 9.29. The molecule has 4 nitrogen and oxygen atoms in total. The van der Waals surface area contributed by atoms with E-state index in [1.165, 1.54) is 12.0 Å². The van der Waals surface area contributed by atoms with Crippen LogP contribution in [0.4, 0.5) is 0 Å². The third kappa shape index (κ3) is 2.91. The zero-order valence-corrected chi connectivity index (χ0v) is 10.2. The average Bonchev–Trinajstić information content (AvgIpc) is 2.37. The Morgan fingerprint density at radius 2 is 2.00 bits per heavy atom. The molecule has 90 valence electrons. The summed E-state index contributed by atoms with van der Waals surface area (Å²) >= 11 is 0. The molecule has 0 aliphatic rings. The first kappa shape index (κ1) is 12.9. The number of hydrogen-bond acceptors (Lipinski definition) is 3. The average molecular weight is 233 g/mol. The summed E-state index contributed by atoms with van der Waals surface area (Å²) in [5.41, 5.74) is 0.514. The monoisotopic (exact) mass is 233 g/mol. The van der Waals surface area contributed by atoms with Crippen LogP contribution < -0.4 is 9.47 Å². The first-order chi connectivity index (χ1) is 8.13. The fourth-order valence-electron chi connectivity index (χ4n) is 1.40. The van der Waals surface area contributed by atoms with Crippen LogP contribution in [-0.4, -0.2) is 38.6 Å². The topological polar surface area (TPSA) is 38.8 Å². The van der Waals surface area contributed by atoms with Crippen molar-refractivity contribution in [2.75, 3.05) is 27.8 Å². The van der Waals surface area contributed by atoms with Crippen molar-refractivity contribution in [2.45, 2.75) is 0 Å². The van der Waals surface area contributed by atoms with E-state index in [0.717, 1.165) is 0 Å². The minimum Gasteiger partial charge on any atom is -0.493 e. The molecule has 0 spiro atoms. The van der Waals surface area contributed by atoms with E-state index < -0.39 is 0 Å². The Kier molecular flexibility index (Phi) is 4.41. The first-order valence-corrected chi connectivity index (χ1v) is 5.05. The molecule has 17 heavy (non-hydrogen) atoms. The van der Waals surface area contributed by atoms with Gasteiger partial charge in [0, 0.05) is 12.6 Å². The van der Waals surface area contributed by atoms with Crippen molar-refractivity contribution >= 4 is 5.91 Å². The van der Waals surface area contributed by atoms with Gasteiger partial charge in [-0.15, -0.1) is 6.42 Å². The SMILES string of the molecule is C#CCN(C)C(=O)c1ccc(OC)c(OC)c1. The lowest BCUT2D eigenvalue weighted by Crippen LogP contribution is -2.26. The van der Waals surface area contributed by atoms with Crippen LogP contribution in [-0.2, 0) is 0 Å². The molecular weight excluding hydrogens is 218 g/mol. The van der Waals surface area contributed by atoms with Gasteiger partial charge in [-0.1, -0.05) is 5.92 Å². The molecule has 0 N–H and O–H groups in total. The van der Waals surface area contributed by atoms with Gasteiger partial charge in [0.15, 0.2) is 11.5 Å². The van der Waals surface area contributed by atoms with Gasteiger partial charge in [0.05, 0.1) is 20.8 Å². The molecule has 1 rings (SSSR count). The maximum atomic E-state index is 11.9. The largest absolute Gasteiger partial charge is 0.493 e. The zero-order chi connectivity index (χ0) is 12.8. The molecule has 0 heterocycles. The summed E-state index contributed by atoms with van der Waals surface area (Å²) in [6.45, 7) is 0.271. The molecule has 0 unspecified atom stereocenters. The Morgan fingerprint density at radius 1 is 1.35 bits per heavy atom. The molecule has 0 aliphatic carbocycles. The van der Waals surface area contributed by atoms with Crippen LogP contribution >= 0.6 is 0 Å². The van der Waals surface area contributed by atoms with Gasteiger partial charge >= 0.3 is 0 Å². The van der Waals surface area contributed by atoms with E-state index in [1.807, 2.05) is 0 Å². The maximum absolute atomic E-state index is 11.9. The van der Waals surface area contributed by atoms with Crippen molar-refractivity contribution < 1.29 is 14.3 Å². The van der Waals surface area contributed by atoms with Gasteiger partial charge in [-0.05, 0) is 18.2 Å². The standard InChI is InChI=1S/C13H15NO3/c1-5-8-14(2)13(15)10-6-7-11(16-3)12(9-10)17-4/h1,6-7,9H,8H2,2-4H3. The number of methoxy groups -OCH3 is 2. The predicted octanol–water partition coefficient (Wildman–Crippen LogP) is 1.41. The molecule has 1 aromatic rings. The van der Waals surface area contributed by atoms with Gasteiger partial charge in [-0.25, -0.2) is 0 Å². The number of hydrogen-bond donors (Lipinski definition) is 0. The number of ether oxygens (including phenoxy) is 2. The van der Waals surface area contributed by atoms with E-state index in [4.69, 9.17) is 15.9 Å². The van der Waals surface area contributed by atoms with E-state index in [2.05, 4.69) is 5.92 Å². The molecular formula is C13H15NO3. The number of carbonyl (C=O) groups is 1. The van der Waals surface area contributed by atoms with Crippen LogP contribution in [0.15, 0.2) is 18.2 Å². The summed E-state index contributed by atoms with van der Waals surface area (Å²) in [6, 6.07) is 5.00. The van der Waals surface area contributed by atoms with Gasteiger partial charge in [0.25, 0.3) is 5.91 Å². The molecule has 0 saturated heterocycles. The van der Waals surface area contributed by atoms with E-state index in [0.29, 0.717) is 17.1 Å². The molecule has 0 saturated carbocycles. The Balaban J connectivity index is 3.00. The number of nitrogens with zero attached hydrogens (tertiary/aromatic N) is 1. The lowest BCUT2D eigenvalue weighted by atomic mass is 10.2. The van der Waals surface area contributed by atoms with E-state index in [9.17, 15) is 4.79 Å². The second-order valence-electron chi connectivity index (χ2n) is 3.44. The summed E-state index contributed by atoms with van der Waals surface area (Å²) in [5.74, 6) is 3.38. The second-order valence-corrected chi connectivity index (χ2v) is 3.44. The van der Waals surface area contributed by atoms with Gasteiger partial charge in [0.2, 0.25) is 0 Å². The Morgan fingerprint density at radius 3 is 2.53 bits per heavy atom. The third-order valence-electron chi connectivity index (χ3n) is 2.31. The number of rotatable bonds is 4. The molecule has 1 amide bonds. The molecule has 0 atom stereocenters. The lowest BCUT2D eigenvalue weighted by molar-refractivity contribution is 0.0812. The van der Waals surface area contributed by atoms with E-state index >= 15 is 0 Å². The van der Waals surface area contributed by atoms with Crippen molar-refractivity contribution in [3.63, 3.8) is 0 Å². The summed E-state index contributed by atoms with van der Waals surface area (Å²) in [4.78, 5) is 13.4. The zero-order valence-electron chi connectivity index (χ0n) is 10.2. The molecule has 0 aromatic heterocycles. The highest BCUT2D eigenvalue weighted by molar-refractivity contribution is 5.94. The van der Waals surface area contributed by atoms with Crippen LogP contribution in [0.1, 0.15) is 10.4 Å². The van der Waals surface area contributed by atoms with Crippen LogP contribution in [0.2, 0.25) is 0 Å². The van der Waals surface area contributed by atoms with Gasteiger partial charge < -0.3 is 14.4 Å².